The van der Waals surface area contributed by atoms with Crippen LogP contribution in [0.15, 0.2) is 34.8 Å². The minimum absolute atomic E-state index is 0.163. The molecule has 0 saturated heterocycles. The molecule has 0 spiro atoms. The molecule has 0 aliphatic heterocycles. The van der Waals surface area contributed by atoms with Crippen LogP contribution in [0, 0.1) is 24.4 Å². The van der Waals surface area contributed by atoms with Crippen LogP contribution >= 0.6 is 15.9 Å². The highest BCUT2D eigenvalue weighted by molar-refractivity contribution is 9.10. The van der Waals surface area contributed by atoms with Gasteiger partial charge in [0.1, 0.15) is 17.5 Å². The van der Waals surface area contributed by atoms with Crippen molar-refractivity contribution in [1.29, 1.82) is 0 Å². The van der Waals surface area contributed by atoms with E-state index in [2.05, 4.69) is 21.4 Å². The van der Waals surface area contributed by atoms with E-state index >= 15 is 0 Å². The second-order valence-corrected chi connectivity index (χ2v) is 5.69. The number of halogens is 4. The highest BCUT2D eigenvalue weighted by Crippen LogP contribution is 2.27. The number of nitrogens with two attached hydrogens (primary N) is 1. The molecule has 0 aliphatic carbocycles. The van der Waals surface area contributed by atoms with Gasteiger partial charge in [-0.15, -0.1) is 0 Å². The van der Waals surface area contributed by atoms with Crippen molar-refractivity contribution >= 4 is 15.9 Å². The van der Waals surface area contributed by atoms with Crippen LogP contribution in [-0.2, 0) is 6.42 Å². The van der Waals surface area contributed by atoms with Gasteiger partial charge in [-0.05, 0) is 48.7 Å². The lowest BCUT2D eigenvalue weighted by Gasteiger charge is -2.19. The molecule has 3 N–H and O–H groups in total. The largest absolute Gasteiger partial charge is 0.271 e. The fraction of sp³-hybridized carbons (Fsp3) is 0.200. The van der Waals surface area contributed by atoms with Crippen LogP contribution in [0.25, 0.3) is 0 Å². The van der Waals surface area contributed by atoms with Crippen molar-refractivity contribution in [3.8, 4) is 0 Å². The van der Waals surface area contributed by atoms with Gasteiger partial charge in [-0.3, -0.25) is 11.3 Å². The van der Waals surface area contributed by atoms with Gasteiger partial charge in [0.2, 0.25) is 0 Å². The molecule has 6 heteroatoms. The molecule has 0 saturated carbocycles. The first-order valence-electron chi connectivity index (χ1n) is 6.28. The molecular formula is C15H14BrF3N2. The molecule has 2 nitrogen and oxygen atoms in total. The maximum atomic E-state index is 14.0. The lowest BCUT2D eigenvalue weighted by atomic mass is 9.95. The first-order valence-corrected chi connectivity index (χ1v) is 7.07. The number of nitrogens with one attached hydrogen (secondary N) is 1. The Bertz CT molecular complexity index is 638. The van der Waals surface area contributed by atoms with E-state index in [9.17, 15) is 13.2 Å². The summed E-state index contributed by atoms with van der Waals surface area (Å²) < 4.78 is 41.6. The quantitative estimate of drug-likeness (QED) is 0.642. The van der Waals surface area contributed by atoms with E-state index in [0.29, 0.717) is 10.0 Å². The molecule has 0 heterocycles. The zero-order chi connectivity index (χ0) is 15.6. The van der Waals surface area contributed by atoms with Gasteiger partial charge in [-0.1, -0.05) is 22.0 Å². The number of aryl methyl sites for hydroxylation is 1. The Morgan fingerprint density at radius 2 is 1.76 bits per heavy atom. The van der Waals surface area contributed by atoms with E-state index in [4.69, 9.17) is 5.84 Å². The predicted octanol–water partition coefficient (Wildman–Crippen LogP) is 3.92. The molecule has 2 aromatic rings. The Kier molecular flexibility index (Phi) is 5.03. The summed E-state index contributed by atoms with van der Waals surface area (Å²) in [6.45, 7) is 1.80. The maximum absolute atomic E-state index is 14.0. The Labute approximate surface area is 129 Å². The fourth-order valence-corrected chi connectivity index (χ4v) is 2.61. The minimum atomic E-state index is -0.793. The summed E-state index contributed by atoms with van der Waals surface area (Å²) in [7, 11) is 0. The fourth-order valence-electron chi connectivity index (χ4n) is 2.21. The third-order valence-electron chi connectivity index (χ3n) is 3.33. The molecule has 0 radical (unpaired) electrons. The van der Waals surface area contributed by atoms with Gasteiger partial charge in [0, 0.05) is 10.0 Å². The summed E-state index contributed by atoms with van der Waals surface area (Å²) >= 11 is 3.02. The standard InChI is InChI=1S/C15H14BrF3N2/c1-8-2-3-11(17)4-9(8)5-14(21-20)15-12(18)6-10(16)7-13(15)19/h2-4,6-7,14,21H,5,20H2,1H3. The van der Waals surface area contributed by atoms with Crippen molar-refractivity contribution in [2.24, 2.45) is 5.84 Å². The summed E-state index contributed by atoms with van der Waals surface area (Å²) in [4.78, 5) is 0. The van der Waals surface area contributed by atoms with Crippen molar-refractivity contribution in [3.05, 3.63) is 68.9 Å². The smallest absolute Gasteiger partial charge is 0.132 e. The van der Waals surface area contributed by atoms with E-state index in [1.54, 1.807) is 13.0 Å². The Morgan fingerprint density at radius 1 is 1.14 bits per heavy atom. The molecule has 0 aromatic heterocycles. The van der Waals surface area contributed by atoms with E-state index in [1.807, 2.05) is 0 Å². The van der Waals surface area contributed by atoms with Crippen LogP contribution in [0.4, 0.5) is 13.2 Å². The number of hydrogen-bond donors (Lipinski definition) is 2. The molecule has 0 bridgehead atoms. The number of benzene rings is 2. The molecule has 21 heavy (non-hydrogen) atoms. The van der Waals surface area contributed by atoms with E-state index in [1.165, 1.54) is 24.3 Å². The van der Waals surface area contributed by atoms with Gasteiger partial charge < -0.3 is 0 Å². The lowest BCUT2D eigenvalue weighted by Crippen LogP contribution is -2.31. The van der Waals surface area contributed by atoms with Crippen LogP contribution in [0.3, 0.4) is 0 Å². The highest BCUT2D eigenvalue weighted by Gasteiger charge is 2.21. The molecule has 0 amide bonds. The summed E-state index contributed by atoms with van der Waals surface area (Å²) in [6, 6.07) is 5.84. The molecule has 0 fully saturated rings. The van der Waals surface area contributed by atoms with Crippen molar-refractivity contribution in [3.63, 3.8) is 0 Å². The summed E-state index contributed by atoms with van der Waals surface area (Å²) in [5.41, 5.74) is 3.70. The Balaban J connectivity index is 2.39. The van der Waals surface area contributed by atoms with Crippen LogP contribution in [0.2, 0.25) is 0 Å². The van der Waals surface area contributed by atoms with Gasteiger partial charge in [0.05, 0.1) is 6.04 Å². The monoisotopic (exact) mass is 358 g/mol. The molecule has 2 rings (SSSR count). The summed E-state index contributed by atoms with van der Waals surface area (Å²) in [5, 5.41) is 0. The van der Waals surface area contributed by atoms with Gasteiger partial charge in [0.15, 0.2) is 0 Å². The van der Waals surface area contributed by atoms with Crippen molar-refractivity contribution in [2.75, 3.05) is 0 Å². The second kappa shape index (κ2) is 6.60. The molecule has 2 aromatic carbocycles. The van der Waals surface area contributed by atoms with E-state index in [0.717, 1.165) is 5.56 Å². The average molecular weight is 359 g/mol. The first kappa shape index (κ1) is 16.0. The summed E-state index contributed by atoms with van der Waals surface area (Å²) in [6.07, 6.45) is 0.176. The Morgan fingerprint density at radius 3 is 2.33 bits per heavy atom. The average Bonchev–Trinajstić information content (AvgIpc) is 2.40. The SMILES string of the molecule is Cc1ccc(F)cc1CC(NN)c1c(F)cc(Br)cc1F. The second-order valence-electron chi connectivity index (χ2n) is 4.78. The van der Waals surface area contributed by atoms with E-state index in [-0.39, 0.29) is 12.0 Å². The van der Waals surface area contributed by atoms with Crippen molar-refractivity contribution in [2.45, 2.75) is 19.4 Å². The van der Waals surface area contributed by atoms with E-state index < -0.39 is 23.5 Å². The first-order chi connectivity index (χ1) is 9.92. The van der Waals surface area contributed by atoms with Crippen LogP contribution in [-0.4, -0.2) is 0 Å². The molecule has 1 atom stereocenters. The predicted molar refractivity (Wildman–Crippen MR) is 79.0 cm³/mol. The summed E-state index contributed by atoms with van der Waals surface area (Å²) in [5.74, 6) is 3.61. The van der Waals surface area contributed by atoms with Gasteiger partial charge in [-0.25, -0.2) is 13.2 Å². The third-order valence-corrected chi connectivity index (χ3v) is 3.79. The third kappa shape index (κ3) is 3.64. The molecule has 1 unspecified atom stereocenters. The molecular weight excluding hydrogens is 345 g/mol. The van der Waals surface area contributed by atoms with Crippen LogP contribution in [0.5, 0.6) is 0 Å². The van der Waals surface area contributed by atoms with Crippen molar-refractivity contribution in [1.82, 2.24) is 5.43 Å². The zero-order valence-corrected chi connectivity index (χ0v) is 12.8. The number of hydrogen-bond acceptors (Lipinski definition) is 2. The van der Waals surface area contributed by atoms with Crippen molar-refractivity contribution < 1.29 is 13.2 Å². The van der Waals surface area contributed by atoms with Gasteiger partial charge in [0.25, 0.3) is 0 Å². The van der Waals surface area contributed by atoms with Gasteiger partial charge >= 0.3 is 0 Å². The topological polar surface area (TPSA) is 38.0 Å². The normalized spacial score (nSPS) is 12.5. The minimum Gasteiger partial charge on any atom is -0.271 e. The molecule has 112 valence electrons. The van der Waals surface area contributed by atoms with Gasteiger partial charge in [-0.2, -0.15) is 0 Å². The van der Waals surface area contributed by atoms with Crippen LogP contribution < -0.4 is 11.3 Å². The maximum Gasteiger partial charge on any atom is 0.132 e. The Hall–Kier alpha value is -1.37. The zero-order valence-electron chi connectivity index (χ0n) is 11.3. The van der Waals surface area contributed by atoms with Crippen LogP contribution in [0.1, 0.15) is 22.7 Å². The molecule has 0 aliphatic rings. The number of rotatable bonds is 4. The number of hydrazine groups is 1. The lowest BCUT2D eigenvalue weighted by molar-refractivity contribution is 0.471. The highest BCUT2D eigenvalue weighted by atomic mass is 79.9.